The summed E-state index contributed by atoms with van der Waals surface area (Å²) in [5.74, 6) is -1.13. The second kappa shape index (κ2) is 12.0. The van der Waals surface area contributed by atoms with Crippen LogP contribution in [0.1, 0.15) is 58.7 Å². The van der Waals surface area contributed by atoms with Crippen LogP contribution >= 0.6 is 0 Å². The van der Waals surface area contributed by atoms with Gasteiger partial charge >= 0.3 is 6.09 Å². The van der Waals surface area contributed by atoms with Crippen LogP contribution in [0.4, 0.5) is 10.5 Å². The van der Waals surface area contributed by atoms with Gasteiger partial charge in [-0.15, -0.1) is 0 Å². The average Bonchev–Trinajstić information content (AvgIpc) is 2.85. The number of carbonyl (C=O) groups is 3. The number of phenols is 1. The molecule has 2 atom stereocenters. The van der Waals surface area contributed by atoms with Crippen molar-refractivity contribution in [1.29, 1.82) is 0 Å². The molecule has 0 aromatic heterocycles. The molecule has 0 saturated carbocycles. The highest BCUT2D eigenvalue weighted by atomic mass is 16.6. The van der Waals surface area contributed by atoms with Gasteiger partial charge < -0.3 is 30.5 Å². The number of phenolic OH excluding ortho intramolecular Hbond substituents is 1. The fourth-order valence-corrected chi connectivity index (χ4v) is 4.39. The molecule has 0 heterocycles. The van der Waals surface area contributed by atoms with Gasteiger partial charge in [0.15, 0.2) is 0 Å². The predicted molar refractivity (Wildman–Crippen MR) is 155 cm³/mol. The fourth-order valence-electron chi connectivity index (χ4n) is 4.39. The first kappa shape index (κ1) is 30.4. The van der Waals surface area contributed by atoms with E-state index in [0.29, 0.717) is 16.8 Å². The molecule has 0 aliphatic heterocycles. The first-order valence-electron chi connectivity index (χ1n) is 13.1. The van der Waals surface area contributed by atoms with Crippen molar-refractivity contribution in [3.8, 4) is 5.75 Å². The van der Waals surface area contributed by atoms with Crippen LogP contribution in [0.5, 0.6) is 5.75 Å². The number of aliphatic hydroxyl groups excluding tert-OH is 1. The summed E-state index contributed by atoms with van der Waals surface area (Å²) in [6, 6.07) is 15.4. The molecule has 2 unspecified atom stereocenters. The molecule has 0 aliphatic carbocycles. The Morgan fingerprint density at radius 1 is 0.925 bits per heavy atom. The minimum atomic E-state index is -1.37. The molecule has 0 fully saturated rings. The quantitative estimate of drug-likeness (QED) is 0.327. The average molecular weight is 550 g/mol. The van der Waals surface area contributed by atoms with E-state index < -0.39 is 47.7 Å². The molecule has 3 aromatic carbocycles. The smallest absolute Gasteiger partial charge is 0.408 e. The number of ether oxygens (including phenoxy) is 1. The first-order chi connectivity index (χ1) is 18.6. The third-order valence-corrected chi connectivity index (χ3v) is 6.19. The molecular weight excluding hydrogens is 510 g/mol. The van der Waals surface area contributed by atoms with E-state index in [0.717, 1.165) is 10.8 Å². The number of aryl methyl sites for hydroxylation is 1. The highest BCUT2D eigenvalue weighted by Gasteiger charge is 2.42. The number of rotatable bonds is 7. The van der Waals surface area contributed by atoms with E-state index in [1.165, 1.54) is 11.0 Å². The number of amides is 3. The van der Waals surface area contributed by atoms with Crippen molar-refractivity contribution < 1.29 is 29.3 Å². The molecule has 9 heteroatoms. The molecule has 0 aliphatic rings. The van der Waals surface area contributed by atoms with Gasteiger partial charge in [0, 0.05) is 11.2 Å². The van der Waals surface area contributed by atoms with Crippen LogP contribution in [0.15, 0.2) is 60.7 Å². The van der Waals surface area contributed by atoms with Crippen molar-refractivity contribution in [2.75, 3.05) is 11.9 Å². The summed E-state index contributed by atoms with van der Waals surface area (Å²) in [5.41, 5.74) is -0.241. The van der Waals surface area contributed by atoms with Crippen LogP contribution in [0.25, 0.3) is 10.8 Å². The SMILES string of the molecule is Cc1cc(C(C(=O)Nc2ccc3ccccc3c2)N(C(=O)C(CO)NC(=O)OC(C)(C)C)C(C)(C)C)ccc1O. The minimum absolute atomic E-state index is 0.0471. The summed E-state index contributed by atoms with van der Waals surface area (Å²) in [7, 11) is 0. The van der Waals surface area contributed by atoms with Crippen molar-refractivity contribution >= 4 is 34.4 Å². The summed E-state index contributed by atoms with van der Waals surface area (Å²) in [5, 5.41) is 27.6. The highest BCUT2D eigenvalue weighted by Crippen LogP contribution is 2.33. The van der Waals surface area contributed by atoms with Crippen molar-refractivity contribution in [3.63, 3.8) is 0 Å². The lowest BCUT2D eigenvalue weighted by molar-refractivity contribution is -0.147. The Balaban J connectivity index is 2.06. The van der Waals surface area contributed by atoms with Gasteiger partial charge in [0.1, 0.15) is 23.4 Å². The van der Waals surface area contributed by atoms with Gasteiger partial charge in [-0.05, 0) is 94.6 Å². The summed E-state index contributed by atoms with van der Waals surface area (Å²) < 4.78 is 5.28. The van der Waals surface area contributed by atoms with Gasteiger partial charge in [-0.2, -0.15) is 0 Å². The van der Waals surface area contributed by atoms with Crippen molar-refractivity contribution in [2.45, 2.75) is 71.7 Å². The van der Waals surface area contributed by atoms with Crippen LogP contribution in [0.3, 0.4) is 0 Å². The number of nitrogens with zero attached hydrogens (tertiary/aromatic N) is 1. The summed E-state index contributed by atoms with van der Waals surface area (Å²) in [6.45, 7) is 11.3. The van der Waals surface area contributed by atoms with E-state index in [1.807, 2.05) is 36.4 Å². The van der Waals surface area contributed by atoms with E-state index in [-0.39, 0.29) is 5.75 Å². The molecule has 3 amide bonds. The zero-order valence-corrected chi connectivity index (χ0v) is 24.1. The third-order valence-electron chi connectivity index (χ3n) is 6.19. The summed E-state index contributed by atoms with van der Waals surface area (Å²) in [4.78, 5) is 41.8. The van der Waals surface area contributed by atoms with Gasteiger partial charge in [0.25, 0.3) is 5.91 Å². The Hall–Kier alpha value is -4.11. The number of aliphatic hydroxyl groups is 1. The van der Waals surface area contributed by atoms with Crippen molar-refractivity contribution in [1.82, 2.24) is 10.2 Å². The normalized spacial score (nSPS) is 13.3. The van der Waals surface area contributed by atoms with E-state index >= 15 is 0 Å². The molecule has 0 saturated heterocycles. The van der Waals surface area contributed by atoms with Crippen LogP contribution in [0, 0.1) is 6.92 Å². The molecule has 9 nitrogen and oxygen atoms in total. The Morgan fingerprint density at radius 3 is 2.15 bits per heavy atom. The maximum atomic E-state index is 14.0. The van der Waals surface area contributed by atoms with E-state index in [9.17, 15) is 24.6 Å². The number of hydrogen-bond donors (Lipinski definition) is 4. The van der Waals surface area contributed by atoms with E-state index in [2.05, 4.69) is 10.6 Å². The first-order valence-corrected chi connectivity index (χ1v) is 13.1. The van der Waals surface area contributed by atoms with Crippen LogP contribution in [0.2, 0.25) is 0 Å². The standard InChI is InChI=1S/C31H39N3O6/c1-19-16-22(13-15-25(19)36)26(27(37)32-23-14-12-20-10-8-9-11-21(20)17-23)34(30(2,3)4)28(38)24(18-35)33-29(39)40-31(5,6)7/h8-17,24,26,35-36H,18H2,1-7H3,(H,32,37)(H,33,39). The molecule has 3 rings (SSSR count). The number of alkyl carbamates (subject to hydrolysis) is 1. The van der Waals surface area contributed by atoms with Gasteiger partial charge in [0.05, 0.1) is 6.61 Å². The lowest BCUT2D eigenvalue weighted by Gasteiger charge is -2.43. The Morgan fingerprint density at radius 2 is 1.57 bits per heavy atom. The number of anilines is 1. The Kier molecular flexibility index (Phi) is 9.10. The largest absolute Gasteiger partial charge is 0.508 e. The summed E-state index contributed by atoms with van der Waals surface area (Å²) >= 11 is 0. The zero-order valence-electron chi connectivity index (χ0n) is 24.1. The topological polar surface area (TPSA) is 128 Å². The minimum Gasteiger partial charge on any atom is -0.508 e. The molecule has 40 heavy (non-hydrogen) atoms. The summed E-state index contributed by atoms with van der Waals surface area (Å²) in [6.07, 6.45) is -0.869. The van der Waals surface area contributed by atoms with Gasteiger partial charge in [-0.1, -0.05) is 36.4 Å². The molecule has 0 radical (unpaired) electrons. The second-order valence-electron chi connectivity index (χ2n) is 11.8. The molecule has 0 bridgehead atoms. The number of aromatic hydroxyl groups is 1. The number of carbonyl (C=O) groups excluding carboxylic acids is 3. The van der Waals surface area contributed by atoms with Gasteiger partial charge in [-0.3, -0.25) is 9.59 Å². The Labute approximate surface area is 235 Å². The fraction of sp³-hybridized carbons (Fsp3) is 0.387. The lowest BCUT2D eigenvalue weighted by Crippen LogP contribution is -2.59. The molecule has 214 valence electrons. The monoisotopic (exact) mass is 549 g/mol. The Bertz CT molecular complexity index is 1390. The van der Waals surface area contributed by atoms with Crippen molar-refractivity contribution in [2.24, 2.45) is 0 Å². The lowest BCUT2D eigenvalue weighted by atomic mass is 9.94. The number of nitrogens with one attached hydrogen (secondary N) is 2. The van der Waals surface area contributed by atoms with E-state index in [1.54, 1.807) is 66.7 Å². The van der Waals surface area contributed by atoms with Gasteiger partial charge in [-0.25, -0.2) is 4.79 Å². The molecular formula is C31H39N3O6. The van der Waals surface area contributed by atoms with E-state index in [4.69, 9.17) is 4.74 Å². The van der Waals surface area contributed by atoms with Crippen molar-refractivity contribution in [3.05, 3.63) is 71.8 Å². The third kappa shape index (κ3) is 7.51. The number of fused-ring (bicyclic) bond motifs is 1. The van der Waals surface area contributed by atoms with Crippen LogP contribution in [-0.4, -0.2) is 56.8 Å². The molecule has 0 spiro atoms. The number of hydrogen-bond acceptors (Lipinski definition) is 6. The maximum absolute atomic E-state index is 14.0. The predicted octanol–water partition coefficient (Wildman–Crippen LogP) is 5.05. The maximum Gasteiger partial charge on any atom is 0.408 e. The number of benzene rings is 3. The van der Waals surface area contributed by atoms with Crippen LogP contribution < -0.4 is 10.6 Å². The van der Waals surface area contributed by atoms with Gasteiger partial charge in [0.2, 0.25) is 5.91 Å². The zero-order chi connectivity index (χ0) is 29.8. The second-order valence-corrected chi connectivity index (χ2v) is 11.8. The van der Waals surface area contributed by atoms with Crippen LogP contribution in [-0.2, 0) is 14.3 Å². The molecule has 3 aromatic rings. The highest BCUT2D eigenvalue weighted by molar-refractivity contribution is 6.00. The molecule has 4 N–H and O–H groups in total.